The van der Waals surface area contributed by atoms with Crippen molar-refractivity contribution in [3.63, 3.8) is 0 Å². The van der Waals surface area contributed by atoms with Gasteiger partial charge in [0.05, 0.1) is 25.1 Å². The van der Waals surface area contributed by atoms with E-state index in [2.05, 4.69) is 10.1 Å². The minimum absolute atomic E-state index is 0.536. The van der Waals surface area contributed by atoms with Crippen LogP contribution in [0.1, 0.15) is 6.92 Å². The minimum Gasteiger partial charge on any atom is -0.491 e. The number of ether oxygens (including phenoxy) is 3. The van der Waals surface area contributed by atoms with Gasteiger partial charge in [0.25, 0.3) is 0 Å². The molecule has 0 saturated carbocycles. The third-order valence-electron chi connectivity index (χ3n) is 3.29. The van der Waals surface area contributed by atoms with Crippen molar-refractivity contribution in [3.8, 4) is 22.9 Å². The van der Waals surface area contributed by atoms with Crippen molar-refractivity contribution < 1.29 is 14.2 Å². The Morgan fingerprint density at radius 2 is 1.83 bits per heavy atom. The standard InChI is InChI=1S/C17H19N3O3/c1-3-22-17-9-8-16-18-15(12-20(16)19-17)13-4-6-14(7-5-13)23-11-10-21-2/h4-9,12H,3,10-11H2,1-2H3. The van der Waals surface area contributed by atoms with Gasteiger partial charge in [-0.3, -0.25) is 0 Å². The number of hydrogen-bond acceptors (Lipinski definition) is 5. The van der Waals surface area contributed by atoms with Crippen LogP contribution in [0.4, 0.5) is 0 Å². The summed E-state index contributed by atoms with van der Waals surface area (Å²) >= 11 is 0. The highest BCUT2D eigenvalue weighted by molar-refractivity contribution is 5.63. The molecule has 23 heavy (non-hydrogen) atoms. The Bertz CT molecular complexity index is 768. The zero-order valence-electron chi connectivity index (χ0n) is 13.2. The van der Waals surface area contributed by atoms with E-state index >= 15 is 0 Å². The van der Waals surface area contributed by atoms with Crippen LogP contribution >= 0.6 is 0 Å². The predicted molar refractivity (Wildman–Crippen MR) is 87.0 cm³/mol. The van der Waals surface area contributed by atoms with Crippen molar-refractivity contribution in [3.05, 3.63) is 42.6 Å². The van der Waals surface area contributed by atoms with E-state index in [9.17, 15) is 0 Å². The summed E-state index contributed by atoms with van der Waals surface area (Å²) in [6.45, 7) is 3.63. The lowest BCUT2D eigenvalue weighted by Crippen LogP contribution is -2.03. The van der Waals surface area contributed by atoms with Crippen LogP contribution in [0.5, 0.6) is 11.6 Å². The van der Waals surface area contributed by atoms with Gasteiger partial charge >= 0.3 is 0 Å². The molecule has 0 spiro atoms. The van der Waals surface area contributed by atoms with Crippen molar-refractivity contribution in [1.29, 1.82) is 0 Å². The first-order valence-electron chi connectivity index (χ1n) is 7.51. The summed E-state index contributed by atoms with van der Waals surface area (Å²) in [6.07, 6.45) is 1.89. The van der Waals surface area contributed by atoms with Gasteiger partial charge in [-0.25, -0.2) is 9.50 Å². The Hall–Kier alpha value is -2.60. The van der Waals surface area contributed by atoms with Gasteiger partial charge in [-0.2, -0.15) is 0 Å². The molecular formula is C17H19N3O3. The van der Waals surface area contributed by atoms with E-state index in [0.717, 1.165) is 22.7 Å². The van der Waals surface area contributed by atoms with E-state index in [0.29, 0.717) is 25.7 Å². The summed E-state index contributed by atoms with van der Waals surface area (Å²) in [5.41, 5.74) is 2.64. The molecule has 0 aliphatic heterocycles. The fourth-order valence-corrected chi connectivity index (χ4v) is 2.19. The lowest BCUT2D eigenvalue weighted by molar-refractivity contribution is 0.146. The Labute approximate surface area is 134 Å². The quantitative estimate of drug-likeness (QED) is 0.628. The summed E-state index contributed by atoms with van der Waals surface area (Å²) in [5, 5.41) is 4.37. The minimum atomic E-state index is 0.536. The van der Waals surface area contributed by atoms with Gasteiger partial charge < -0.3 is 14.2 Å². The molecule has 6 nitrogen and oxygen atoms in total. The lowest BCUT2D eigenvalue weighted by Gasteiger charge is -2.05. The third kappa shape index (κ3) is 3.60. The molecule has 6 heteroatoms. The number of methoxy groups -OCH3 is 1. The van der Waals surface area contributed by atoms with Crippen LogP contribution in [0.15, 0.2) is 42.6 Å². The van der Waals surface area contributed by atoms with Crippen LogP contribution in [-0.2, 0) is 4.74 Å². The monoisotopic (exact) mass is 313 g/mol. The normalized spacial score (nSPS) is 10.9. The van der Waals surface area contributed by atoms with E-state index in [1.54, 1.807) is 11.6 Å². The van der Waals surface area contributed by atoms with Gasteiger partial charge in [-0.15, -0.1) is 5.10 Å². The molecule has 0 bridgehead atoms. The van der Waals surface area contributed by atoms with Crippen LogP contribution in [0.2, 0.25) is 0 Å². The smallest absolute Gasteiger partial charge is 0.231 e. The molecule has 3 aromatic rings. The molecule has 2 aromatic heterocycles. The highest BCUT2D eigenvalue weighted by atomic mass is 16.5. The van der Waals surface area contributed by atoms with Gasteiger partial charge in [0.15, 0.2) is 5.65 Å². The number of fused-ring (bicyclic) bond motifs is 1. The number of rotatable bonds is 7. The Balaban J connectivity index is 1.79. The Morgan fingerprint density at radius 3 is 2.57 bits per heavy atom. The van der Waals surface area contributed by atoms with Crippen LogP contribution in [-0.4, -0.2) is 41.5 Å². The van der Waals surface area contributed by atoms with Crippen LogP contribution in [0, 0.1) is 0 Å². The molecule has 0 unspecified atom stereocenters. The van der Waals surface area contributed by atoms with Gasteiger partial charge in [0, 0.05) is 18.7 Å². The molecule has 0 aliphatic carbocycles. The molecule has 0 atom stereocenters. The molecule has 0 aliphatic rings. The predicted octanol–water partition coefficient (Wildman–Crippen LogP) is 2.82. The maximum atomic E-state index is 5.56. The van der Waals surface area contributed by atoms with Crippen LogP contribution in [0.25, 0.3) is 16.9 Å². The zero-order valence-corrected chi connectivity index (χ0v) is 13.2. The zero-order chi connectivity index (χ0) is 16.1. The molecule has 0 saturated heterocycles. The number of imidazole rings is 1. The summed E-state index contributed by atoms with van der Waals surface area (Å²) < 4.78 is 17.7. The van der Waals surface area contributed by atoms with Crippen LogP contribution in [0.3, 0.4) is 0 Å². The number of aromatic nitrogens is 3. The van der Waals surface area contributed by atoms with Gasteiger partial charge in [-0.05, 0) is 37.3 Å². The maximum absolute atomic E-state index is 5.56. The summed E-state index contributed by atoms with van der Waals surface area (Å²) in [6, 6.07) is 11.5. The van der Waals surface area contributed by atoms with E-state index in [1.807, 2.05) is 49.5 Å². The first kappa shape index (κ1) is 15.3. The average Bonchev–Trinajstić information content (AvgIpc) is 2.99. The van der Waals surface area contributed by atoms with E-state index < -0.39 is 0 Å². The van der Waals surface area contributed by atoms with Crippen molar-refractivity contribution in [2.45, 2.75) is 6.92 Å². The maximum Gasteiger partial charge on any atom is 0.231 e. The molecule has 0 N–H and O–H groups in total. The SMILES string of the molecule is CCOc1ccc2nc(-c3ccc(OCCOC)cc3)cn2n1. The number of nitrogens with zero attached hydrogens (tertiary/aromatic N) is 3. The molecule has 3 rings (SSSR count). The topological polar surface area (TPSA) is 57.9 Å². The van der Waals surface area contributed by atoms with Crippen molar-refractivity contribution in [1.82, 2.24) is 14.6 Å². The fourth-order valence-electron chi connectivity index (χ4n) is 2.19. The third-order valence-corrected chi connectivity index (χ3v) is 3.29. The average molecular weight is 313 g/mol. The first-order chi connectivity index (χ1) is 11.3. The second kappa shape index (κ2) is 7.11. The molecule has 0 radical (unpaired) electrons. The Morgan fingerprint density at radius 1 is 1.00 bits per heavy atom. The molecule has 2 heterocycles. The molecule has 120 valence electrons. The second-order valence-corrected chi connectivity index (χ2v) is 4.90. The lowest BCUT2D eigenvalue weighted by atomic mass is 10.2. The fraction of sp³-hybridized carbons (Fsp3) is 0.294. The second-order valence-electron chi connectivity index (χ2n) is 4.90. The molecule has 0 fully saturated rings. The van der Waals surface area contributed by atoms with Crippen molar-refractivity contribution >= 4 is 5.65 Å². The van der Waals surface area contributed by atoms with Crippen LogP contribution < -0.4 is 9.47 Å². The number of hydrogen-bond donors (Lipinski definition) is 0. The molecule has 1 aromatic carbocycles. The summed E-state index contributed by atoms with van der Waals surface area (Å²) in [5.74, 6) is 1.40. The van der Waals surface area contributed by atoms with Gasteiger partial charge in [0.1, 0.15) is 12.4 Å². The van der Waals surface area contributed by atoms with E-state index in [-0.39, 0.29) is 0 Å². The van der Waals surface area contributed by atoms with Crippen molar-refractivity contribution in [2.75, 3.05) is 26.9 Å². The highest BCUT2D eigenvalue weighted by Gasteiger charge is 2.07. The number of benzene rings is 1. The van der Waals surface area contributed by atoms with Gasteiger partial charge in [0.2, 0.25) is 5.88 Å². The molecular weight excluding hydrogens is 294 g/mol. The first-order valence-corrected chi connectivity index (χ1v) is 7.51. The Kier molecular flexibility index (Phi) is 4.73. The molecule has 0 amide bonds. The largest absolute Gasteiger partial charge is 0.491 e. The highest BCUT2D eigenvalue weighted by Crippen LogP contribution is 2.22. The summed E-state index contributed by atoms with van der Waals surface area (Å²) in [7, 11) is 1.65. The summed E-state index contributed by atoms with van der Waals surface area (Å²) in [4.78, 5) is 4.57. The van der Waals surface area contributed by atoms with Crippen molar-refractivity contribution in [2.24, 2.45) is 0 Å². The van der Waals surface area contributed by atoms with E-state index in [1.165, 1.54) is 0 Å². The van der Waals surface area contributed by atoms with E-state index in [4.69, 9.17) is 14.2 Å². The van der Waals surface area contributed by atoms with Gasteiger partial charge in [-0.1, -0.05) is 0 Å².